The topological polar surface area (TPSA) is 19.4 Å². The van der Waals surface area contributed by atoms with E-state index < -0.39 is 46.0 Å². The molecule has 10 rings (SSSR count). The zero-order valence-electron chi connectivity index (χ0n) is 74.0. The van der Waals surface area contributed by atoms with Crippen LogP contribution >= 0.6 is 0 Å². The van der Waals surface area contributed by atoms with Crippen molar-refractivity contribution in [2.24, 2.45) is 35.2 Å². The van der Waals surface area contributed by atoms with Gasteiger partial charge in [0.1, 0.15) is 35.2 Å². The summed E-state index contributed by atoms with van der Waals surface area (Å²) in [5.74, 6) is -3.31. The average Bonchev–Trinajstić information content (AvgIpc) is 0.783. The fraction of sp³-hybridized carbons (Fsp3) is 0.345. The van der Waals surface area contributed by atoms with Crippen LogP contribution in [0.5, 0.6) is 0 Å². The van der Waals surface area contributed by atoms with Crippen molar-refractivity contribution in [3.05, 3.63) is 264 Å². The maximum absolute atomic E-state index is 8.24. The Bertz CT molecular complexity index is 4820. The monoisotopic (exact) mass is 1200 g/mol. The molecule has 89 heavy (non-hydrogen) atoms. The van der Waals surface area contributed by atoms with Crippen molar-refractivity contribution in [3.8, 4) is 56.3 Å². The molecule has 2 atom stereocenters. The van der Waals surface area contributed by atoms with Crippen molar-refractivity contribution in [2.75, 3.05) is 0 Å². The minimum absolute atomic E-state index is 0.118. The summed E-state index contributed by atoms with van der Waals surface area (Å²) in [5, 5.41) is 0. The second kappa shape index (κ2) is 30.9. The van der Waals surface area contributed by atoms with Gasteiger partial charge in [0.2, 0.25) is 28.5 Å². The van der Waals surface area contributed by atoms with Gasteiger partial charge in [-0.1, -0.05) is 94.6 Å². The quantitative estimate of drug-likeness (QED) is 0.135. The third-order valence-electron chi connectivity index (χ3n) is 17.2. The van der Waals surface area contributed by atoms with Crippen molar-refractivity contribution in [2.45, 2.75) is 163 Å². The first kappa shape index (κ1) is 48.7. The molecule has 464 valence electrons. The maximum Gasteiger partial charge on any atom is 0.215 e. The van der Waals surface area contributed by atoms with Crippen molar-refractivity contribution in [1.29, 1.82) is 0 Å². The average molecular weight is 1200 g/mol. The largest absolute Gasteiger partial charge is 0.215 e. The molecule has 2 unspecified atom stereocenters. The van der Waals surface area contributed by atoms with E-state index in [0.717, 1.165) is 72.7 Å². The lowest BCUT2D eigenvalue weighted by Crippen LogP contribution is -2.32. The van der Waals surface area contributed by atoms with Gasteiger partial charge in [-0.2, -0.15) is 0 Å². The molecule has 0 fully saturated rings. The van der Waals surface area contributed by atoms with Gasteiger partial charge in [0, 0.05) is 109 Å². The molecule has 0 saturated heterocycles. The lowest BCUT2D eigenvalue weighted by Gasteiger charge is -2.12. The van der Waals surface area contributed by atoms with Crippen LogP contribution < -0.4 is 22.8 Å². The van der Waals surface area contributed by atoms with E-state index in [1.54, 1.807) is 60.3 Å². The van der Waals surface area contributed by atoms with Gasteiger partial charge in [0.15, 0.2) is 31.0 Å². The zero-order valence-corrected chi connectivity index (χ0v) is 57.0. The molecular formula is C84H108N5+5. The maximum atomic E-state index is 8.24. The number of hydrogen-bond acceptors (Lipinski definition) is 0. The fourth-order valence-corrected chi connectivity index (χ4v) is 11.5. The van der Waals surface area contributed by atoms with Gasteiger partial charge in [-0.25, -0.2) is 22.8 Å². The predicted octanol–water partition coefficient (Wildman–Crippen LogP) is 18.6. The Morgan fingerprint density at radius 3 is 1.20 bits per heavy atom. The molecule has 0 spiro atoms. The Morgan fingerprint density at radius 2 is 0.775 bits per heavy atom. The fourth-order valence-electron chi connectivity index (χ4n) is 11.5. The van der Waals surface area contributed by atoms with Crippen LogP contribution in [0.25, 0.3) is 56.3 Å². The van der Waals surface area contributed by atoms with E-state index >= 15 is 0 Å². The molecule has 0 aliphatic heterocycles. The van der Waals surface area contributed by atoms with Crippen molar-refractivity contribution in [3.63, 3.8) is 0 Å². The molecule has 5 heterocycles. The Balaban J connectivity index is 0.000000209. The normalized spacial score (nSPS) is 15.7. The van der Waals surface area contributed by atoms with E-state index in [9.17, 15) is 0 Å². The molecule has 5 nitrogen and oxygen atoms in total. The summed E-state index contributed by atoms with van der Waals surface area (Å²) in [4.78, 5) is 0. The Kier molecular flexibility index (Phi) is 16.9. The minimum Gasteiger partial charge on any atom is -0.201 e. The molecule has 5 aromatic heterocycles. The van der Waals surface area contributed by atoms with Gasteiger partial charge in [-0.3, -0.25) is 0 Å². The molecule has 0 saturated carbocycles. The van der Waals surface area contributed by atoms with Crippen LogP contribution in [0, 0.1) is 111 Å². The van der Waals surface area contributed by atoms with Gasteiger partial charge < -0.3 is 0 Å². The summed E-state index contributed by atoms with van der Waals surface area (Å²) in [5.41, 5.74) is 29.8. The minimum atomic E-state index is -2.43. The van der Waals surface area contributed by atoms with E-state index in [1.807, 2.05) is 105 Å². The number of aryl methyl sites for hydroxylation is 19. The summed E-state index contributed by atoms with van der Waals surface area (Å²) in [6.07, 6.45) is 9.93. The molecule has 0 aliphatic carbocycles. The number of nitrogens with zero attached hydrogens (tertiary/aromatic N) is 5. The van der Waals surface area contributed by atoms with Gasteiger partial charge in [-0.05, 0) is 244 Å². The molecule has 5 heteroatoms. The second-order valence-electron chi connectivity index (χ2n) is 24.2. The van der Waals surface area contributed by atoms with E-state index in [1.165, 1.54) is 80.9 Å². The first-order chi connectivity index (χ1) is 48.6. The van der Waals surface area contributed by atoms with Crippen LogP contribution in [0.2, 0.25) is 0 Å². The van der Waals surface area contributed by atoms with E-state index in [0.29, 0.717) is 16.7 Å². The highest BCUT2D eigenvalue weighted by atomic mass is 14.9. The molecule has 0 bridgehead atoms. The molecule has 0 radical (unpaired) electrons. The van der Waals surface area contributed by atoms with Gasteiger partial charge in [0.05, 0.1) is 0 Å². The van der Waals surface area contributed by atoms with E-state index in [-0.39, 0.29) is 12.0 Å². The highest BCUT2D eigenvalue weighted by Crippen LogP contribution is 2.31. The Morgan fingerprint density at radius 1 is 0.348 bits per heavy atom. The molecule has 5 aromatic carbocycles. The third-order valence-corrected chi connectivity index (χ3v) is 17.2. The molecule has 0 N–H and O–H groups in total. The van der Waals surface area contributed by atoms with Crippen molar-refractivity contribution in [1.82, 2.24) is 0 Å². The van der Waals surface area contributed by atoms with Crippen LogP contribution in [-0.4, -0.2) is 0 Å². The molecule has 10 aromatic rings. The van der Waals surface area contributed by atoms with Crippen LogP contribution in [-0.2, 0) is 41.7 Å². The SMILES string of the molecule is Cc1cc(C)c(-c2cccc[n+]2C)cc1C.[2H]C([2H])([2H])C([2H])(C)c1ccc(-c2c(C)c(C)cc[n+]2C)c(C)c1.[2H]C([2H])([2H])Cc1ccc(-c2c(C)c(C)cc[n+]2C)c(C)c1.[2H]C([2H])([2H])c1cc(C)c(-c2ccc(C([2H])(C)C([2H])([2H])[2H])cc2C)[n+](C)c1.[2H]C([2H])([2H])c1ccc(-c2c(C)c(C)cc[n+]2C)c(C)c1. The summed E-state index contributed by atoms with van der Waals surface area (Å²) in [6.45, 7) is 20.7. The highest BCUT2D eigenvalue weighted by molar-refractivity contribution is 5.69. The molecular weight excluding hydrogens is 1080 g/mol. The number of benzene rings is 5. The predicted molar refractivity (Wildman–Crippen MR) is 379 cm³/mol. The third kappa shape index (κ3) is 17.2. The number of hydrogen-bond donors (Lipinski definition) is 0. The number of aromatic nitrogens is 5. The zero-order chi connectivity index (χ0) is 80.2. The number of rotatable bonds is 8. The highest BCUT2D eigenvalue weighted by Gasteiger charge is 2.22. The lowest BCUT2D eigenvalue weighted by molar-refractivity contribution is -0.661. The van der Waals surface area contributed by atoms with Crippen LogP contribution in [0.1, 0.15) is 175 Å². The second-order valence-corrected chi connectivity index (χ2v) is 24.2. The van der Waals surface area contributed by atoms with E-state index in [4.69, 9.17) is 23.3 Å². The molecule has 0 aliphatic rings. The van der Waals surface area contributed by atoms with Gasteiger partial charge in [0.25, 0.3) is 0 Å². The Hall–Kier alpha value is -8.15. The lowest BCUT2D eigenvalue weighted by atomic mass is 9.94. The summed E-state index contributed by atoms with van der Waals surface area (Å²) in [7, 11) is 9.94. The summed E-state index contributed by atoms with van der Waals surface area (Å²) in [6, 6.07) is 40.9. The van der Waals surface area contributed by atoms with E-state index in [2.05, 4.69) is 149 Å². The van der Waals surface area contributed by atoms with Gasteiger partial charge >= 0.3 is 0 Å². The van der Waals surface area contributed by atoms with Gasteiger partial charge in [-0.15, -0.1) is 0 Å². The smallest absolute Gasteiger partial charge is 0.201 e. The van der Waals surface area contributed by atoms with Crippen LogP contribution in [0.4, 0.5) is 0 Å². The van der Waals surface area contributed by atoms with Crippen LogP contribution in [0.15, 0.2) is 158 Å². The number of pyridine rings is 5. The summed E-state index contributed by atoms with van der Waals surface area (Å²) >= 11 is 0. The van der Waals surface area contributed by atoms with Crippen molar-refractivity contribution >= 4 is 0 Å². The first-order valence-electron chi connectivity index (χ1n) is 39.0. The standard InChI is InChI=1S/2C18H24N.C17H22N.C16H20N.C15H18N/c1-12(2)16-7-8-17(14(4)10-16)18-15(5)9-13(3)11-19(18)6;1-12(2)16-7-8-17(14(4)11-16)18-15(5)13(3)9-10-19(18)6;1-6-15-7-8-16(13(3)11-15)17-14(4)12(2)9-10-18(17)5;1-11-6-7-15(13(3)10-11)16-14(4)12(2)8-9-17(16)5;1-11-9-13(3)14(10-12(11)2)15-7-5-6-8-16(15)4/h2*7-12H,1-6H3;7-11H,6H2,1-5H3;6-10H,1-5H3;5-10H,1-4H3/q5*+1/i1D3,3D3,12D;1D3,12D;2*1D3;. The summed E-state index contributed by atoms with van der Waals surface area (Å²) < 4.78 is 140. The molecule has 0 amide bonds. The Labute approximate surface area is 563 Å². The van der Waals surface area contributed by atoms with Crippen LogP contribution in [0.3, 0.4) is 0 Å². The first-order valence-corrected chi connectivity index (χ1v) is 30.5. The van der Waals surface area contributed by atoms with Crippen molar-refractivity contribution < 1.29 is 46.1 Å².